The van der Waals surface area contributed by atoms with Crippen LogP contribution in [0.2, 0.25) is 0 Å². The molecule has 74 valence electrons. The number of aromatic nitrogens is 1. The van der Waals surface area contributed by atoms with Gasteiger partial charge >= 0.3 is 0 Å². The molecule has 1 aliphatic rings. The molecule has 0 saturated heterocycles. The number of sulfonamides is 1. The summed E-state index contributed by atoms with van der Waals surface area (Å²) in [5.41, 5.74) is 0.527. The molecule has 0 spiro atoms. The maximum absolute atomic E-state index is 11.6. The van der Waals surface area contributed by atoms with Gasteiger partial charge in [-0.05, 0) is 12.3 Å². The van der Waals surface area contributed by atoms with E-state index in [2.05, 4.69) is 14.7 Å². The van der Waals surface area contributed by atoms with Crippen molar-refractivity contribution in [1.29, 1.82) is 0 Å². The lowest BCUT2D eigenvalue weighted by molar-refractivity contribution is 0.597. The summed E-state index contributed by atoms with van der Waals surface area (Å²) in [6.07, 6.45) is 4.58. The number of amidine groups is 1. The summed E-state index contributed by atoms with van der Waals surface area (Å²) in [5.74, 6) is 0. The number of pyridine rings is 1. The number of nitrogens with zero attached hydrogens (tertiary/aromatic N) is 2. The van der Waals surface area contributed by atoms with Crippen LogP contribution < -0.4 is 5.32 Å². The van der Waals surface area contributed by atoms with Gasteiger partial charge in [0.25, 0.3) is 10.0 Å². The molecule has 5 nitrogen and oxygen atoms in total. The first-order valence-corrected chi connectivity index (χ1v) is 6.40. The molecule has 2 heterocycles. The Morgan fingerprint density at radius 1 is 1.50 bits per heavy atom. The number of fused-ring (bicyclic) bond motifs is 1. The highest BCUT2D eigenvalue weighted by Crippen LogP contribution is 2.27. The number of rotatable bonds is 0. The molecule has 1 aliphatic heterocycles. The van der Waals surface area contributed by atoms with Crippen LogP contribution >= 0.6 is 11.8 Å². The molecule has 0 atom stereocenters. The Morgan fingerprint density at radius 2 is 2.29 bits per heavy atom. The van der Waals surface area contributed by atoms with Crippen LogP contribution in [0, 0.1) is 0 Å². The molecule has 0 bridgehead atoms. The van der Waals surface area contributed by atoms with E-state index < -0.39 is 10.0 Å². The Labute approximate surface area is 85.7 Å². The van der Waals surface area contributed by atoms with Crippen LogP contribution in [0.4, 0.5) is 5.69 Å². The summed E-state index contributed by atoms with van der Waals surface area (Å²) in [6.45, 7) is 0. The molecule has 0 aliphatic carbocycles. The predicted octanol–water partition coefficient (Wildman–Crippen LogP) is 0.915. The van der Waals surface area contributed by atoms with Crippen molar-refractivity contribution >= 4 is 32.6 Å². The molecule has 0 saturated carbocycles. The second-order valence-corrected chi connectivity index (χ2v) is 4.94. The molecule has 0 aromatic carbocycles. The Bertz CT molecular complexity index is 495. The van der Waals surface area contributed by atoms with Crippen molar-refractivity contribution in [2.45, 2.75) is 4.90 Å². The van der Waals surface area contributed by atoms with E-state index >= 15 is 0 Å². The average molecular weight is 229 g/mol. The van der Waals surface area contributed by atoms with Crippen molar-refractivity contribution < 1.29 is 8.42 Å². The van der Waals surface area contributed by atoms with E-state index in [1.54, 1.807) is 12.3 Å². The largest absolute Gasteiger partial charge is 0.333 e. The Kier molecular flexibility index (Phi) is 2.20. The summed E-state index contributed by atoms with van der Waals surface area (Å²) < 4.78 is 26.7. The van der Waals surface area contributed by atoms with Gasteiger partial charge in [-0.25, -0.2) is 0 Å². The fourth-order valence-corrected chi connectivity index (χ4v) is 2.83. The third kappa shape index (κ3) is 1.48. The van der Waals surface area contributed by atoms with Crippen molar-refractivity contribution in [3.05, 3.63) is 18.5 Å². The smallest absolute Gasteiger partial charge is 0.288 e. The topological polar surface area (TPSA) is 71.4 Å². The molecule has 1 aromatic heterocycles. The maximum Gasteiger partial charge on any atom is 0.288 e. The van der Waals surface area contributed by atoms with Crippen LogP contribution in [0.3, 0.4) is 0 Å². The van der Waals surface area contributed by atoms with Crippen LogP contribution in [0.25, 0.3) is 0 Å². The van der Waals surface area contributed by atoms with Crippen LogP contribution in [-0.4, -0.2) is 24.8 Å². The van der Waals surface area contributed by atoms with Gasteiger partial charge < -0.3 is 5.32 Å². The van der Waals surface area contributed by atoms with E-state index in [0.717, 1.165) is 0 Å². The number of hydrogen-bond donors (Lipinski definition) is 1. The summed E-state index contributed by atoms with van der Waals surface area (Å²) in [4.78, 5) is 3.87. The molecule has 0 unspecified atom stereocenters. The maximum atomic E-state index is 11.6. The minimum atomic E-state index is -3.56. The van der Waals surface area contributed by atoms with E-state index in [-0.39, 0.29) is 4.90 Å². The lowest BCUT2D eigenvalue weighted by Crippen LogP contribution is -2.18. The van der Waals surface area contributed by atoms with Crippen molar-refractivity contribution in [3.63, 3.8) is 0 Å². The van der Waals surface area contributed by atoms with E-state index in [9.17, 15) is 8.42 Å². The molecule has 0 amide bonds. The third-order valence-corrected chi connectivity index (χ3v) is 3.70. The fraction of sp³-hybridized carbons (Fsp3) is 0.143. The van der Waals surface area contributed by atoms with Crippen LogP contribution in [-0.2, 0) is 10.0 Å². The van der Waals surface area contributed by atoms with Crippen molar-refractivity contribution in [2.24, 2.45) is 4.40 Å². The Balaban J connectivity index is 2.63. The van der Waals surface area contributed by atoms with Crippen LogP contribution in [0.15, 0.2) is 27.8 Å². The zero-order valence-electron chi connectivity index (χ0n) is 7.26. The highest BCUT2D eigenvalue weighted by Gasteiger charge is 2.24. The molecule has 1 N–H and O–H groups in total. The van der Waals surface area contributed by atoms with E-state index in [1.165, 1.54) is 24.2 Å². The predicted molar refractivity (Wildman–Crippen MR) is 56.0 cm³/mol. The van der Waals surface area contributed by atoms with Gasteiger partial charge in [-0.2, -0.15) is 8.42 Å². The van der Waals surface area contributed by atoms with Gasteiger partial charge in [-0.3, -0.25) is 4.98 Å². The SMILES string of the molecule is CSC1=NS(=O)(=O)c2cnccc2N1. The normalized spacial score (nSPS) is 17.9. The van der Waals surface area contributed by atoms with Crippen molar-refractivity contribution in [1.82, 2.24) is 4.98 Å². The zero-order chi connectivity index (χ0) is 10.2. The minimum Gasteiger partial charge on any atom is -0.333 e. The van der Waals surface area contributed by atoms with Crippen LogP contribution in [0.5, 0.6) is 0 Å². The van der Waals surface area contributed by atoms with Gasteiger partial charge in [0.2, 0.25) is 0 Å². The molecule has 1 aromatic rings. The number of anilines is 1. The molecular formula is C7H7N3O2S2. The second-order valence-electron chi connectivity index (χ2n) is 2.57. The van der Waals surface area contributed by atoms with Crippen LogP contribution in [0.1, 0.15) is 0 Å². The average Bonchev–Trinajstić information content (AvgIpc) is 2.17. The highest BCUT2D eigenvalue weighted by molar-refractivity contribution is 8.14. The lowest BCUT2D eigenvalue weighted by Gasteiger charge is -2.15. The number of thioether (sulfide) groups is 1. The summed E-state index contributed by atoms with van der Waals surface area (Å²) in [7, 11) is -3.56. The Hall–Kier alpha value is -1.08. The first-order chi connectivity index (χ1) is 6.63. The van der Waals surface area contributed by atoms with Gasteiger partial charge in [0.05, 0.1) is 5.69 Å². The number of nitrogens with one attached hydrogen (secondary N) is 1. The van der Waals surface area contributed by atoms with E-state index in [0.29, 0.717) is 10.9 Å². The fourth-order valence-electron chi connectivity index (χ4n) is 1.07. The summed E-state index contributed by atoms with van der Waals surface area (Å²) >= 11 is 1.25. The third-order valence-electron chi connectivity index (χ3n) is 1.70. The monoisotopic (exact) mass is 229 g/mol. The lowest BCUT2D eigenvalue weighted by atomic mass is 10.4. The molecule has 2 rings (SSSR count). The molecule has 0 fully saturated rings. The van der Waals surface area contributed by atoms with E-state index in [4.69, 9.17) is 0 Å². The zero-order valence-corrected chi connectivity index (χ0v) is 8.89. The van der Waals surface area contributed by atoms with E-state index in [1.807, 2.05) is 0 Å². The van der Waals surface area contributed by atoms with Gasteiger partial charge in [0.15, 0.2) is 5.17 Å². The minimum absolute atomic E-state index is 0.123. The molecule has 14 heavy (non-hydrogen) atoms. The summed E-state index contributed by atoms with van der Waals surface area (Å²) in [6, 6.07) is 1.61. The molecule has 7 heteroatoms. The Morgan fingerprint density at radius 3 is 3.00 bits per heavy atom. The first kappa shape index (κ1) is 9.47. The van der Waals surface area contributed by atoms with Crippen molar-refractivity contribution in [3.8, 4) is 0 Å². The van der Waals surface area contributed by atoms with Gasteiger partial charge in [0.1, 0.15) is 4.90 Å². The van der Waals surface area contributed by atoms with Gasteiger partial charge in [-0.15, -0.1) is 4.40 Å². The number of hydrogen-bond acceptors (Lipinski definition) is 5. The van der Waals surface area contributed by atoms with Crippen molar-refractivity contribution in [2.75, 3.05) is 11.6 Å². The molecular weight excluding hydrogens is 222 g/mol. The van der Waals surface area contributed by atoms with Gasteiger partial charge in [0, 0.05) is 12.4 Å². The summed E-state index contributed by atoms with van der Waals surface area (Å²) in [5, 5.41) is 3.27. The first-order valence-electron chi connectivity index (χ1n) is 3.73. The second kappa shape index (κ2) is 3.25. The standard InChI is InChI=1S/C7H7N3O2S2/c1-13-7-9-5-2-3-8-4-6(5)14(11,12)10-7/h2-4H,1H3,(H,9,10). The highest BCUT2D eigenvalue weighted by atomic mass is 32.2. The quantitative estimate of drug-likeness (QED) is 0.716. The molecule has 0 radical (unpaired) electrons. The van der Waals surface area contributed by atoms with Gasteiger partial charge in [-0.1, -0.05) is 11.8 Å².